The third-order valence-electron chi connectivity index (χ3n) is 3.62. The molecule has 0 spiro atoms. The minimum absolute atomic E-state index is 0.0857. The number of benzene rings is 1. The van der Waals surface area contributed by atoms with Crippen molar-refractivity contribution in [1.82, 2.24) is 5.32 Å². The summed E-state index contributed by atoms with van der Waals surface area (Å²) in [5, 5.41) is 13.1. The first-order valence-electron chi connectivity index (χ1n) is 7.43. The van der Waals surface area contributed by atoms with Gasteiger partial charge in [0.1, 0.15) is 11.5 Å². The SMILES string of the molecule is CCCSC1=C(C#N)[C@H](c2cc(OC)ccc2OC)CC(=O)N1. The lowest BCUT2D eigenvalue weighted by Crippen LogP contribution is -2.31. The molecule has 0 radical (unpaired) electrons. The molecule has 5 nitrogen and oxygen atoms in total. The van der Waals surface area contributed by atoms with Crippen LogP contribution in [0.25, 0.3) is 0 Å². The van der Waals surface area contributed by atoms with Crippen LogP contribution in [0.3, 0.4) is 0 Å². The monoisotopic (exact) mass is 332 g/mol. The maximum absolute atomic E-state index is 12.1. The molecule has 0 fully saturated rings. The van der Waals surface area contributed by atoms with E-state index >= 15 is 0 Å². The van der Waals surface area contributed by atoms with Gasteiger partial charge in [0.05, 0.1) is 30.9 Å². The van der Waals surface area contributed by atoms with Gasteiger partial charge in [-0.3, -0.25) is 4.79 Å². The molecule has 1 atom stereocenters. The second-order valence-corrected chi connectivity index (χ2v) is 6.22. The van der Waals surface area contributed by atoms with Gasteiger partial charge < -0.3 is 14.8 Å². The van der Waals surface area contributed by atoms with Crippen LogP contribution in [0.4, 0.5) is 0 Å². The molecule has 23 heavy (non-hydrogen) atoms. The Hall–Kier alpha value is -2.13. The third-order valence-corrected chi connectivity index (χ3v) is 4.84. The number of carbonyl (C=O) groups excluding carboxylic acids is 1. The summed E-state index contributed by atoms with van der Waals surface area (Å²) in [5.41, 5.74) is 1.38. The van der Waals surface area contributed by atoms with E-state index < -0.39 is 0 Å². The number of nitriles is 1. The van der Waals surface area contributed by atoms with Crippen molar-refractivity contribution in [1.29, 1.82) is 5.26 Å². The van der Waals surface area contributed by atoms with E-state index in [0.717, 1.165) is 17.7 Å². The van der Waals surface area contributed by atoms with Gasteiger partial charge in [-0.05, 0) is 30.4 Å². The maximum Gasteiger partial charge on any atom is 0.225 e. The highest BCUT2D eigenvalue weighted by molar-refractivity contribution is 8.03. The zero-order valence-electron chi connectivity index (χ0n) is 13.5. The molecule has 0 unspecified atom stereocenters. The molecule has 0 bridgehead atoms. The first kappa shape index (κ1) is 17.2. The Morgan fingerprint density at radius 1 is 1.39 bits per heavy atom. The van der Waals surface area contributed by atoms with Crippen LogP contribution in [0, 0.1) is 11.3 Å². The Morgan fingerprint density at radius 2 is 2.17 bits per heavy atom. The average molecular weight is 332 g/mol. The number of nitrogens with one attached hydrogen (secondary N) is 1. The number of rotatable bonds is 6. The molecular weight excluding hydrogens is 312 g/mol. The molecule has 0 aliphatic carbocycles. The molecule has 1 heterocycles. The molecule has 2 rings (SSSR count). The molecule has 1 amide bonds. The maximum atomic E-state index is 12.1. The van der Waals surface area contributed by atoms with E-state index in [9.17, 15) is 10.1 Å². The van der Waals surface area contributed by atoms with E-state index in [1.165, 1.54) is 11.8 Å². The van der Waals surface area contributed by atoms with Crippen molar-refractivity contribution < 1.29 is 14.3 Å². The molecule has 1 aliphatic heterocycles. The van der Waals surface area contributed by atoms with Gasteiger partial charge in [-0.1, -0.05) is 6.92 Å². The van der Waals surface area contributed by atoms with E-state index in [0.29, 0.717) is 22.1 Å². The Balaban J connectivity index is 2.51. The van der Waals surface area contributed by atoms with Gasteiger partial charge in [0, 0.05) is 17.9 Å². The lowest BCUT2D eigenvalue weighted by molar-refractivity contribution is -0.120. The molecule has 1 aromatic rings. The second kappa shape index (κ2) is 7.93. The normalized spacial score (nSPS) is 17.5. The number of methoxy groups -OCH3 is 2. The minimum Gasteiger partial charge on any atom is -0.497 e. The van der Waals surface area contributed by atoms with E-state index in [-0.39, 0.29) is 18.2 Å². The minimum atomic E-state index is -0.321. The average Bonchev–Trinajstić information content (AvgIpc) is 2.58. The molecule has 1 N–H and O–H groups in total. The summed E-state index contributed by atoms with van der Waals surface area (Å²) in [6.45, 7) is 2.06. The van der Waals surface area contributed by atoms with Crippen molar-refractivity contribution in [2.75, 3.05) is 20.0 Å². The summed E-state index contributed by atoms with van der Waals surface area (Å²) in [7, 11) is 3.17. The van der Waals surface area contributed by atoms with Crippen molar-refractivity contribution in [2.24, 2.45) is 0 Å². The predicted molar refractivity (Wildman–Crippen MR) is 90.4 cm³/mol. The molecular formula is C17H20N2O3S. The van der Waals surface area contributed by atoms with Crippen LogP contribution in [0.1, 0.15) is 31.2 Å². The van der Waals surface area contributed by atoms with Gasteiger partial charge in [-0.2, -0.15) is 5.26 Å². The van der Waals surface area contributed by atoms with E-state index in [1.54, 1.807) is 26.4 Å². The summed E-state index contributed by atoms with van der Waals surface area (Å²) < 4.78 is 10.7. The van der Waals surface area contributed by atoms with Crippen LogP contribution in [-0.2, 0) is 4.79 Å². The van der Waals surface area contributed by atoms with Gasteiger partial charge in [-0.15, -0.1) is 11.8 Å². The number of allylic oxidation sites excluding steroid dienone is 1. The van der Waals surface area contributed by atoms with Crippen molar-refractivity contribution in [3.05, 3.63) is 34.4 Å². The molecule has 1 aromatic carbocycles. The van der Waals surface area contributed by atoms with Crippen LogP contribution in [0.15, 0.2) is 28.8 Å². The smallest absolute Gasteiger partial charge is 0.225 e. The highest BCUT2D eigenvalue weighted by Crippen LogP contribution is 2.41. The number of amides is 1. The van der Waals surface area contributed by atoms with Crippen molar-refractivity contribution >= 4 is 17.7 Å². The Morgan fingerprint density at radius 3 is 2.78 bits per heavy atom. The number of hydrogen-bond donors (Lipinski definition) is 1. The Labute approximate surface area is 140 Å². The highest BCUT2D eigenvalue weighted by atomic mass is 32.2. The zero-order chi connectivity index (χ0) is 16.8. The summed E-state index contributed by atoms with van der Waals surface area (Å²) in [6.07, 6.45) is 1.19. The number of ether oxygens (including phenoxy) is 2. The molecule has 6 heteroatoms. The fraction of sp³-hybridized carbons (Fsp3) is 0.412. The van der Waals surface area contributed by atoms with Gasteiger partial charge in [-0.25, -0.2) is 0 Å². The zero-order valence-corrected chi connectivity index (χ0v) is 14.3. The van der Waals surface area contributed by atoms with E-state index in [4.69, 9.17) is 9.47 Å². The molecule has 0 aromatic heterocycles. The molecule has 1 aliphatic rings. The first-order valence-corrected chi connectivity index (χ1v) is 8.42. The second-order valence-electron chi connectivity index (χ2n) is 5.12. The van der Waals surface area contributed by atoms with Gasteiger partial charge >= 0.3 is 0 Å². The Bertz CT molecular complexity index is 664. The largest absolute Gasteiger partial charge is 0.497 e. The summed E-state index contributed by atoms with van der Waals surface area (Å²) >= 11 is 1.51. The lowest BCUT2D eigenvalue weighted by Gasteiger charge is -2.26. The van der Waals surface area contributed by atoms with Gasteiger partial charge in [0.15, 0.2) is 0 Å². The number of thioether (sulfide) groups is 1. The van der Waals surface area contributed by atoms with Gasteiger partial charge in [0.25, 0.3) is 0 Å². The topological polar surface area (TPSA) is 71.3 Å². The fourth-order valence-corrected chi connectivity index (χ4v) is 3.45. The molecule has 122 valence electrons. The predicted octanol–water partition coefficient (Wildman–Crippen LogP) is 3.19. The van der Waals surface area contributed by atoms with E-state index in [1.807, 2.05) is 6.07 Å². The first-order chi connectivity index (χ1) is 11.1. The number of hydrogen-bond acceptors (Lipinski definition) is 5. The summed E-state index contributed by atoms with van der Waals surface area (Å²) in [6, 6.07) is 7.70. The number of carbonyl (C=O) groups is 1. The van der Waals surface area contributed by atoms with Gasteiger partial charge in [0.2, 0.25) is 5.91 Å². The Kier molecular flexibility index (Phi) is 5.94. The molecule has 0 saturated carbocycles. The third kappa shape index (κ3) is 3.80. The van der Waals surface area contributed by atoms with Crippen molar-refractivity contribution in [2.45, 2.75) is 25.7 Å². The summed E-state index contributed by atoms with van der Waals surface area (Å²) in [5.74, 6) is 1.77. The fourth-order valence-electron chi connectivity index (χ4n) is 2.51. The quantitative estimate of drug-likeness (QED) is 0.866. The van der Waals surface area contributed by atoms with Crippen molar-refractivity contribution in [3.63, 3.8) is 0 Å². The van der Waals surface area contributed by atoms with Crippen LogP contribution < -0.4 is 14.8 Å². The lowest BCUT2D eigenvalue weighted by atomic mass is 9.86. The summed E-state index contributed by atoms with van der Waals surface area (Å²) in [4.78, 5) is 12.1. The van der Waals surface area contributed by atoms with E-state index in [2.05, 4.69) is 18.3 Å². The number of nitrogens with zero attached hydrogens (tertiary/aromatic N) is 1. The van der Waals surface area contributed by atoms with Crippen LogP contribution >= 0.6 is 11.8 Å². The van der Waals surface area contributed by atoms with Crippen LogP contribution in [-0.4, -0.2) is 25.9 Å². The van der Waals surface area contributed by atoms with Crippen molar-refractivity contribution in [3.8, 4) is 17.6 Å². The molecule has 0 saturated heterocycles. The highest BCUT2D eigenvalue weighted by Gasteiger charge is 2.31. The van der Waals surface area contributed by atoms with Crippen LogP contribution in [0.5, 0.6) is 11.5 Å². The van der Waals surface area contributed by atoms with Crippen LogP contribution in [0.2, 0.25) is 0 Å². The standard InChI is InChI=1S/C17H20N2O3S/c1-4-7-23-17-14(10-18)12(9-16(20)19-17)13-8-11(21-2)5-6-15(13)22-3/h5-6,8,12H,4,7,9H2,1-3H3,(H,19,20)/t12-/m0/s1.